The third-order valence-electron chi connectivity index (χ3n) is 3.30. The number of thiophene rings is 1. The summed E-state index contributed by atoms with van der Waals surface area (Å²) in [6.07, 6.45) is 1.54. The molecule has 7 heteroatoms. The summed E-state index contributed by atoms with van der Waals surface area (Å²) < 4.78 is 27.5. The summed E-state index contributed by atoms with van der Waals surface area (Å²) in [4.78, 5) is 16.6. The summed E-state index contributed by atoms with van der Waals surface area (Å²) in [6, 6.07) is 7.90. The van der Waals surface area contributed by atoms with Crippen LogP contribution in [0.4, 0.5) is 5.69 Å². The molecule has 0 saturated heterocycles. The quantitative estimate of drug-likeness (QED) is 0.773. The summed E-state index contributed by atoms with van der Waals surface area (Å²) in [5, 5.41) is 0.521. The number of nitrogens with one attached hydrogen (secondary N) is 2. The van der Waals surface area contributed by atoms with Gasteiger partial charge in [0.2, 0.25) is 0 Å². The molecule has 0 spiro atoms. The fourth-order valence-corrected chi connectivity index (χ4v) is 4.93. The van der Waals surface area contributed by atoms with Gasteiger partial charge in [-0.15, -0.1) is 11.3 Å². The molecule has 2 heterocycles. The van der Waals surface area contributed by atoms with Gasteiger partial charge >= 0.3 is 0 Å². The molecule has 1 aromatic carbocycles. The monoisotopic (exact) mass is 334 g/mol. The minimum Gasteiger partial charge on any atom is -0.361 e. The normalized spacial score (nSPS) is 11.7. The fourth-order valence-electron chi connectivity index (χ4n) is 2.32. The van der Waals surface area contributed by atoms with Crippen molar-refractivity contribution in [3.63, 3.8) is 0 Å². The molecule has 0 bridgehead atoms. The first-order valence-corrected chi connectivity index (χ1v) is 8.88. The van der Waals surface area contributed by atoms with Gasteiger partial charge in [0.15, 0.2) is 5.43 Å². The first-order chi connectivity index (χ1) is 10.4. The van der Waals surface area contributed by atoms with Gasteiger partial charge in [-0.25, -0.2) is 8.42 Å². The van der Waals surface area contributed by atoms with Crippen LogP contribution in [0.1, 0.15) is 9.75 Å². The second-order valence-corrected chi connectivity index (χ2v) is 8.10. The van der Waals surface area contributed by atoms with E-state index in [1.807, 2.05) is 6.92 Å². The average molecular weight is 334 g/mol. The number of aryl methyl sites for hydroxylation is 2. The van der Waals surface area contributed by atoms with E-state index in [0.29, 0.717) is 16.6 Å². The van der Waals surface area contributed by atoms with Crippen LogP contribution >= 0.6 is 11.3 Å². The minimum absolute atomic E-state index is 0.104. The van der Waals surface area contributed by atoms with Crippen LogP contribution in [0.3, 0.4) is 0 Å². The topological polar surface area (TPSA) is 79.0 Å². The number of fused-ring (bicyclic) bond motifs is 1. The lowest BCUT2D eigenvalue weighted by molar-refractivity contribution is 0.601. The molecule has 5 nitrogen and oxygen atoms in total. The summed E-state index contributed by atoms with van der Waals surface area (Å²) in [5.41, 5.74) is 0.899. The Morgan fingerprint density at radius 2 is 1.91 bits per heavy atom. The third kappa shape index (κ3) is 2.65. The SMILES string of the molecule is Cc1cc(S(=O)(=O)Nc2ccc3c(=O)cc[nH]c3c2)c(C)s1. The average Bonchev–Trinajstić information content (AvgIpc) is 2.78. The number of benzene rings is 1. The van der Waals surface area contributed by atoms with Crippen molar-refractivity contribution >= 4 is 38.0 Å². The molecule has 0 aliphatic heterocycles. The zero-order valence-electron chi connectivity index (χ0n) is 12.0. The molecular weight excluding hydrogens is 320 g/mol. The number of aromatic amines is 1. The largest absolute Gasteiger partial charge is 0.361 e. The van der Waals surface area contributed by atoms with Crippen molar-refractivity contribution in [1.82, 2.24) is 4.98 Å². The molecule has 0 atom stereocenters. The summed E-state index contributed by atoms with van der Waals surface area (Å²) in [5.74, 6) is 0. The third-order valence-corrected chi connectivity index (χ3v) is 5.90. The molecule has 2 N–H and O–H groups in total. The van der Waals surface area contributed by atoms with Crippen LogP contribution in [0.15, 0.2) is 46.2 Å². The Balaban J connectivity index is 2.02. The maximum absolute atomic E-state index is 12.5. The number of sulfonamides is 1. The number of hydrogen-bond donors (Lipinski definition) is 2. The van der Waals surface area contributed by atoms with Gasteiger partial charge in [-0.2, -0.15) is 0 Å². The van der Waals surface area contributed by atoms with Crippen molar-refractivity contribution in [3.05, 3.63) is 56.5 Å². The number of H-pyrrole nitrogens is 1. The summed E-state index contributed by atoms with van der Waals surface area (Å²) in [7, 11) is -3.63. The van der Waals surface area contributed by atoms with Crippen molar-refractivity contribution in [1.29, 1.82) is 0 Å². The van der Waals surface area contributed by atoms with E-state index in [9.17, 15) is 13.2 Å². The van der Waals surface area contributed by atoms with Crippen LogP contribution in [0.2, 0.25) is 0 Å². The van der Waals surface area contributed by atoms with E-state index in [4.69, 9.17) is 0 Å². The number of aromatic nitrogens is 1. The molecule has 0 unspecified atom stereocenters. The van der Waals surface area contributed by atoms with Gasteiger partial charge in [-0.1, -0.05) is 0 Å². The Bertz CT molecular complexity index is 1020. The predicted octanol–water partition coefficient (Wildman–Crippen LogP) is 3.01. The first-order valence-electron chi connectivity index (χ1n) is 6.58. The number of anilines is 1. The number of rotatable bonds is 3. The molecular formula is C15H14N2O3S2. The predicted molar refractivity (Wildman–Crippen MR) is 89.2 cm³/mol. The Morgan fingerprint density at radius 3 is 2.59 bits per heavy atom. The van der Waals surface area contributed by atoms with E-state index in [-0.39, 0.29) is 10.3 Å². The Kier molecular flexibility index (Phi) is 3.54. The molecule has 0 amide bonds. The molecule has 114 valence electrons. The van der Waals surface area contributed by atoms with Crippen LogP contribution in [-0.4, -0.2) is 13.4 Å². The van der Waals surface area contributed by atoms with Crippen LogP contribution in [0, 0.1) is 13.8 Å². The van der Waals surface area contributed by atoms with Crippen molar-refractivity contribution in [2.75, 3.05) is 4.72 Å². The van der Waals surface area contributed by atoms with E-state index in [2.05, 4.69) is 9.71 Å². The van der Waals surface area contributed by atoms with Gasteiger partial charge in [-0.05, 0) is 38.1 Å². The van der Waals surface area contributed by atoms with E-state index < -0.39 is 10.0 Å². The van der Waals surface area contributed by atoms with Crippen molar-refractivity contribution < 1.29 is 8.42 Å². The Hall–Kier alpha value is -2.12. The molecule has 0 radical (unpaired) electrons. The lowest BCUT2D eigenvalue weighted by atomic mass is 10.2. The molecule has 3 rings (SSSR count). The Labute approximate surface area is 131 Å². The van der Waals surface area contributed by atoms with Crippen molar-refractivity contribution in [3.8, 4) is 0 Å². The van der Waals surface area contributed by atoms with Crippen LogP contribution in [-0.2, 0) is 10.0 Å². The lowest BCUT2D eigenvalue weighted by Gasteiger charge is -2.08. The highest BCUT2D eigenvalue weighted by molar-refractivity contribution is 7.93. The van der Waals surface area contributed by atoms with Gasteiger partial charge in [0.05, 0.1) is 11.2 Å². The molecule has 0 aliphatic carbocycles. The van der Waals surface area contributed by atoms with Gasteiger partial charge in [-0.3, -0.25) is 9.52 Å². The smallest absolute Gasteiger partial charge is 0.263 e. The molecule has 0 fully saturated rings. The lowest BCUT2D eigenvalue weighted by Crippen LogP contribution is -2.13. The van der Waals surface area contributed by atoms with E-state index >= 15 is 0 Å². The molecule has 3 aromatic rings. The molecule has 0 aliphatic rings. The van der Waals surface area contributed by atoms with E-state index in [1.54, 1.807) is 31.2 Å². The van der Waals surface area contributed by atoms with Crippen LogP contribution in [0.25, 0.3) is 10.9 Å². The van der Waals surface area contributed by atoms with Crippen LogP contribution < -0.4 is 10.2 Å². The zero-order valence-corrected chi connectivity index (χ0v) is 13.6. The van der Waals surface area contributed by atoms with Gasteiger partial charge in [0.25, 0.3) is 10.0 Å². The van der Waals surface area contributed by atoms with E-state index in [1.165, 1.54) is 23.6 Å². The minimum atomic E-state index is -3.63. The zero-order chi connectivity index (χ0) is 15.9. The molecule has 22 heavy (non-hydrogen) atoms. The second-order valence-electron chi connectivity index (χ2n) is 4.99. The highest BCUT2D eigenvalue weighted by Gasteiger charge is 2.19. The van der Waals surface area contributed by atoms with Crippen molar-refractivity contribution in [2.24, 2.45) is 0 Å². The first kappa shape index (κ1) is 14.8. The van der Waals surface area contributed by atoms with Gasteiger partial charge < -0.3 is 4.98 Å². The maximum Gasteiger partial charge on any atom is 0.263 e. The summed E-state index contributed by atoms with van der Waals surface area (Å²) in [6.45, 7) is 3.65. The Morgan fingerprint density at radius 1 is 1.14 bits per heavy atom. The van der Waals surface area contributed by atoms with Crippen LogP contribution in [0.5, 0.6) is 0 Å². The number of pyridine rings is 1. The highest BCUT2D eigenvalue weighted by atomic mass is 32.2. The standard InChI is InChI=1S/C15H14N2O3S2/c1-9-7-15(10(2)21-9)22(19,20)17-11-3-4-12-13(8-11)16-6-5-14(12)18/h3-8,17H,1-2H3,(H,16,18). The summed E-state index contributed by atoms with van der Waals surface area (Å²) >= 11 is 1.44. The number of hydrogen-bond acceptors (Lipinski definition) is 4. The highest BCUT2D eigenvalue weighted by Crippen LogP contribution is 2.27. The van der Waals surface area contributed by atoms with E-state index in [0.717, 1.165) is 9.75 Å². The van der Waals surface area contributed by atoms with Gasteiger partial charge in [0.1, 0.15) is 4.90 Å². The second kappa shape index (κ2) is 5.26. The molecule has 0 saturated carbocycles. The maximum atomic E-state index is 12.5. The fraction of sp³-hybridized carbons (Fsp3) is 0.133. The molecule has 2 aromatic heterocycles. The van der Waals surface area contributed by atoms with Gasteiger partial charge in [0, 0.05) is 27.4 Å². The van der Waals surface area contributed by atoms with Crippen molar-refractivity contribution in [2.45, 2.75) is 18.7 Å².